The summed E-state index contributed by atoms with van der Waals surface area (Å²) in [4.78, 5) is 11.5. The molecule has 0 bridgehead atoms. The minimum Gasteiger partial charge on any atom is -0.462 e. The molecule has 0 aromatic heterocycles. The second-order valence-electron chi connectivity index (χ2n) is 7.76. The molecule has 0 N–H and O–H groups in total. The number of nitrogens with zero attached hydrogens (tertiary/aromatic N) is 1. The van der Waals surface area contributed by atoms with E-state index in [-0.39, 0.29) is 12.1 Å². The Balaban J connectivity index is 2.28. The third-order valence-electron chi connectivity index (χ3n) is 6.21. The summed E-state index contributed by atoms with van der Waals surface area (Å²) in [5.74, 6) is 0.449. The number of esters is 1. The summed E-state index contributed by atoms with van der Waals surface area (Å²) in [5.41, 5.74) is 0.339. The number of ether oxygens (including phenoxy) is 1. The Bertz CT molecular complexity index is 362. The average molecular weight is 296 g/mol. The van der Waals surface area contributed by atoms with Crippen molar-refractivity contribution in [3.8, 4) is 0 Å². The molecule has 2 aliphatic rings. The molecule has 1 aliphatic heterocycles. The van der Waals surface area contributed by atoms with E-state index in [1.807, 2.05) is 0 Å². The molecule has 0 amide bonds. The number of hydrogen-bond donors (Lipinski definition) is 0. The molecule has 1 aliphatic carbocycles. The first-order chi connectivity index (χ1) is 9.93. The van der Waals surface area contributed by atoms with Crippen molar-refractivity contribution >= 4 is 5.97 Å². The lowest BCUT2D eigenvalue weighted by molar-refractivity contribution is -0.954. The van der Waals surface area contributed by atoms with E-state index in [1.165, 1.54) is 57.9 Å². The lowest BCUT2D eigenvalue weighted by Crippen LogP contribution is -2.68. The maximum Gasteiger partial charge on any atom is 0.302 e. The van der Waals surface area contributed by atoms with Crippen LogP contribution in [0.5, 0.6) is 0 Å². The molecule has 3 atom stereocenters. The maximum atomic E-state index is 11.5. The van der Waals surface area contributed by atoms with Crippen molar-refractivity contribution in [1.82, 2.24) is 0 Å². The van der Waals surface area contributed by atoms with Gasteiger partial charge in [0.15, 0.2) is 0 Å². The van der Waals surface area contributed by atoms with Gasteiger partial charge in [-0.25, -0.2) is 0 Å². The highest BCUT2D eigenvalue weighted by Gasteiger charge is 2.56. The Morgan fingerprint density at radius 1 is 1.24 bits per heavy atom. The Morgan fingerprint density at radius 3 is 2.57 bits per heavy atom. The van der Waals surface area contributed by atoms with Crippen LogP contribution in [0.15, 0.2) is 0 Å². The van der Waals surface area contributed by atoms with Crippen molar-refractivity contribution in [2.24, 2.45) is 5.92 Å². The van der Waals surface area contributed by atoms with E-state index in [9.17, 15) is 4.79 Å². The number of unbranched alkanes of at least 4 members (excludes halogenated alkanes) is 1. The quantitative estimate of drug-likeness (QED) is 0.581. The Morgan fingerprint density at radius 2 is 1.95 bits per heavy atom. The zero-order valence-electron chi connectivity index (χ0n) is 14.5. The van der Waals surface area contributed by atoms with Gasteiger partial charge in [-0.05, 0) is 32.1 Å². The summed E-state index contributed by atoms with van der Waals surface area (Å²) in [7, 11) is 4.82. The predicted octanol–water partition coefficient (Wildman–Crippen LogP) is 3.91. The molecule has 0 aromatic rings. The first-order valence-electron chi connectivity index (χ1n) is 8.93. The van der Waals surface area contributed by atoms with Gasteiger partial charge in [0.05, 0.1) is 26.6 Å². The Labute approximate surface area is 130 Å². The van der Waals surface area contributed by atoms with Crippen LogP contribution in [0.3, 0.4) is 0 Å². The summed E-state index contributed by atoms with van der Waals surface area (Å²) < 4.78 is 6.90. The van der Waals surface area contributed by atoms with Crippen LogP contribution in [0.2, 0.25) is 0 Å². The van der Waals surface area contributed by atoms with Gasteiger partial charge in [-0.15, -0.1) is 0 Å². The summed E-state index contributed by atoms with van der Waals surface area (Å²) in [6.45, 7) is 5.10. The molecule has 0 aromatic carbocycles. The number of hydrogen-bond acceptors (Lipinski definition) is 2. The van der Waals surface area contributed by atoms with Gasteiger partial charge in [-0.3, -0.25) is 4.79 Å². The molecule has 21 heavy (non-hydrogen) atoms. The van der Waals surface area contributed by atoms with E-state index < -0.39 is 0 Å². The van der Waals surface area contributed by atoms with Gasteiger partial charge in [0.1, 0.15) is 11.6 Å². The Kier molecular flexibility index (Phi) is 5.34. The lowest BCUT2D eigenvalue weighted by Gasteiger charge is -2.58. The summed E-state index contributed by atoms with van der Waals surface area (Å²) in [6, 6.07) is 0. The second kappa shape index (κ2) is 6.68. The van der Waals surface area contributed by atoms with Crippen LogP contribution in [0, 0.1) is 5.92 Å². The van der Waals surface area contributed by atoms with Crippen LogP contribution in [-0.4, -0.2) is 42.7 Å². The highest BCUT2D eigenvalue weighted by Crippen LogP contribution is 2.49. The van der Waals surface area contributed by atoms with Gasteiger partial charge >= 0.3 is 5.97 Å². The topological polar surface area (TPSA) is 26.3 Å². The fourth-order valence-corrected chi connectivity index (χ4v) is 5.10. The fraction of sp³-hybridized carbons (Fsp3) is 0.944. The number of piperidine rings is 1. The summed E-state index contributed by atoms with van der Waals surface area (Å²) >= 11 is 0. The number of quaternary nitrogens is 1. The molecular formula is C18H34NO2+. The maximum absolute atomic E-state index is 11.5. The summed E-state index contributed by atoms with van der Waals surface area (Å²) in [6.07, 6.45) is 11.4. The molecule has 1 spiro atoms. The van der Waals surface area contributed by atoms with Crippen LogP contribution < -0.4 is 0 Å². The highest BCUT2D eigenvalue weighted by molar-refractivity contribution is 5.66. The van der Waals surface area contributed by atoms with E-state index in [0.717, 1.165) is 10.9 Å². The monoisotopic (exact) mass is 296 g/mol. The standard InChI is InChI=1S/C18H34NO2/c1-5-6-10-16-17(21-15(2)20)11-9-13-18(16)12-7-8-14-19(18,3)4/h16-17H,5-14H2,1-4H3/q+1/t16-,17+,18?/m1/s1. The number of rotatable bonds is 4. The van der Waals surface area contributed by atoms with E-state index in [0.29, 0.717) is 11.5 Å². The largest absolute Gasteiger partial charge is 0.462 e. The third kappa shape index (κ3) is 3.28. The van der Waals surface area contributed by atoms with Crippen molar-refractivity contribution in [2.75, 3.05) is 20.6 Å². The first kappa shape index (κ1) is 16.8. The minimum absolute atomic E-state index is 0.0975. The number of carbonyl (C=O) groups is 1. The van der Waals surface area contributed by atoms with Crippen molar-refractivity contribution in [2.45, 2.75) is 83.3 Å². The molecule has 1 saturated heterocycles. The molecule has 3 heteroatoms. The fourth-order valence-electron chi connectivity index (χ4n) is 5.10. The van der Waals surface area contributed by atoms with Crippen molar-refractivity contribution in [1.29, 1.82) is 0 Å². The van der Waals surface area contributed by atoms with Gasteiger partial charge in [0.25, 0.3) is 0 Å². The lowest BCUT2D eigenvalue weighted by atomic mass is 9.63. The predicted molar refractivity (Wildman–Crippen MR) is 86.0 cm³/mol. The van der Waals surface area contributed by atoms with E-state index in [4.69, 9.17) is 4.74 Å². The molecular weight excluding hydrogens is 262 g/mol. The van der Waals surface area contributed by atoms with Crippen molar-refractivity contribution in [3.05, 3.63) is 0 Å². The number of likely N-dealkylation sites (tertiary alicyclic amines) is 1. The average Bonchev–Trinajstić information content (AvgIpc) is 2.41. The molecule has 0 radical (unpaired) electrons. The van der Waals surface area contributed by atoms with Crippen LogP contribution >= 0.6 is 0 Å². The molecule has 1 unspecified atom stereocenters. The SMILES string of the molecule is CCCC[C@@H]1[C@@H](OC(C)=O)CCCC12CCCC[N+]2(C)C. The second-order valence-corrected chi connectivity index (χ2v) is 7.76. The smallest absolute Gasteiger partial charge is 0.302 e. The zero-order valence-corrected chi connectivity index (χ0v) is 14.5. The zero-order chi connectivity index (χ0) is 15.5. The first-order valence-corrected chi connectivity index (χ1v) is 8.93. The van der Waals surface area contributed by atoms with E-state index in [1.54, 1.807) is 6.92 Å². The van der Waals surface area contributed by atoms with Gasteiger partial charge in [-0.1, -0.05) is 19.8 Å². The molecule has 2 fully saturated rings. The van der Waals surface area contributed by atoms with Crippen molar-refractivity contribution in [3.63, 3.8) is 0 Å². The molecule has 3 nitrogen and oxygen atoms in total. The van der Waals surface area contributed by atoms with Gasteiger partial charge in [-0.2, -0.15) is 0 Å². The van der Waals surface area contributed by atoms with Crippen LogP contribution in [0.25, 0.3) is 0 Å². The highest BCUT2D eigenvalue weighted by atomic mass is 16.5. The molecule has 122 valence electrons. The van der Waals surface area contributed by atoms with Crippen LogP contribution in [0.1, 0.15) is 71.6 Å². The van der Waals surface area contributed by atoms with Gasteiger partial charge in [0.2, 0.25) is 0 Å². The van der Waals surface area contributed by atoms with Crippen molar-refractivity contribution < 1.29 is 14.0 Å². The third-order valence-corrected chi connectivity index (χ3v) is 6.21. The molecule has 1 saturated carbocycles. The summed E-state index contributed by atoms with van der Waals surface area (Å²) in [5, 5.41) is 0. The number of carbonyl (C=O) groups excluding carboxylic acids is 1. The Hall–Kier alpha value is -0.570. The molecule has 2 rings (SSSR count). The van der Waals surface area contributed by atoms with Gasteiger partial charge in [0, 0.05) is 19.8 Å². The van der Waals surface area contributed by atoms with Crippen LogP contribution in [-0.2, 0) is 9.53 Å². The molecule has 1 heterocycles. The van der Waals surface area contributed by atoms with Gasteiger partial charge < -0.3 is 9.22 Å². The normalized spacial score (nSPS) is 35.6. The van der Waals surface area contributed by atoms with E-state index in [2.05, 4.69) is 21.0 Å². The minimum atomic E-state index is -0.0975. The van der Waals surface area contributed by atoms with E-state index >= 15 is 0 Å². The van der Waals surface area contributed by atoms with Crippen LogP contribution in [0.4, 0.5) is 0 Å².